The van der Waals surface area contributed by atoms with Gasteiger partial charge >= 0.3 is 5.97 Å². The molecule has 3 rings (SSSR count). The van der Waals surface area contributed by atoms with E-state index < -0.39 is 5.60 Å². The fraction of sp³-hybridized carbons (Fsp3) is 0.471. The van der Waals surface area contributed by atoms with E-state index in [1.54, 1.807) is 6.20 Å². The molecule has 6 heteroatoms. The first-order valence-electron chi connectivity index (χ1n) is 7.84. The normalized spacial score (nSPS) is 15.4. The van der Waals surface area contributed by atoms with Gasteiger partial charge in [-0.15, -0.1) is 0 Å². The summed E-state index contributed by atoms with van der Waals surface area (Å²) in [5.74, 6) is 0.249. The van der Waals surface area contributed by atoms with Crippen LogP contribution in [0.3, 0.4) is 0 Å². The molecule has 0 aromatic carbocycles. The lowest BCUT2D eigenvalue weighted by molar-refractivity contribution is 0.00958. The molecule has 122 valence electrons. The maximum absolute atomic E-state index is 12.2. The first-order valence-corrected chi connectivity index (χ1v) is 7.84. The number of anilines is 1. The minimum Gasteiger partial charge on any atom is -0.451 e. The largest absolute Gasteiger partial charge is 0.451 e. The Labute approximate surface area is 135 Å². The highest BCUT2D eigenvalue weighted by Gasteiger charge is 2.39. The lowest BCUT2D eigenvalue weighted by Crippen LogP contribution is -2.15. The van der Waals surface area contributed by atoms with E-state index in [2.05, 4.69) is 29.2 Å². The van der Waals surface area contributed by atoms with E-state index in [9.17, 15) is 4.79 Å². The number of ether oxygens (including phenoxy) is 1. The van der Waals surface area contributed by atoms with Crippen LogP contribution < -0.4 is 5.32 Å². The molecule has 1 aliphatic heterocycles. The van der Waals surface area contributed by atoms with Crippen molar-refractivity contribution in [3.05, 3.63) is 40.3 Å². The highest BCUT2D eigenvalue weighted by atomic mass is 16.6. The van der Waals surface area contributed by atoms with Gasteiger partial charge in [-0.2, -0.15) is 5.10 Å². The molecule has 2 aromatic heterocycles. The van der Waals surface area contributed by atoms with E-state index in [0.29, 0.717) is 17.9 Å². The van der Waals surface area contributed by atoms with E-state index in [0.717, 1.165) is 29.1 Å². The Kier molecular flexibility index (Phi) is 3.62. The summed E-state index contributed by atoms with van der Waals surface area (Å²) in [5.41, 5.74) is 4.07. The molecule has 3 heterocycles. The summed E-state index contributed by atoms with van der Waals surface area (Å²) in [6.07, 6.45) is 1.71. The van der Waals surface area contributed by atoms with Crippen LogP contribution in [-0.2, 0) is 23.4 Å². The van der Waals surface area contributed by atoms with Gasteiger partial charge < -0.3 is 10.1 Å². The van der Waals surface area contributed by atoms with Crippen LogP contribution in [0.5, 0.6) is 0 Å². The van der Waals surface area contributed by atoms with Crippen LogP contribution in [0.1, 0.15) is 53.6 Å². The number of nitrogens with one attached hydrogen (secondary N) is 1. The summed E-state index contributed by atoms with van der Waals surface area (Å²) >= 11 is 0. The second-order valence-electron chi connectivity index (χ2n) is 6.30. The minimum atomic E-state index is -0.606. The zero-order chi connectivity index (χ0) is 16.8. The molecule has 0 spiro atoms. The lowest BCUT2D eigenvalue weighted by Gasteiger charge is -2.17. The summed E-state index contributed by atoms with van der Waals surface area (Å²) in [4.78, 5) is 16.5. The lowest BCUT2D eigenvalue weighted by atomic mass is 9.97. The third-order valence-electron chi connectivity index (χ3n) is 4.42. The van der Waals surface area contributed by atoms with Gasteiger partial charge in [-0.05, 0) is 40.7 Å². The van der Waals surface area contributed by atoms with Crippen molar-refractivity contribution < 1.29 is 9.53 Å². The molecular weight excluding hydrogens is 292 g/mol. The molecule has 0 saturated carbocycles. The number of fused-ring (bicyclic) bond motifs is 1. The summed E-state index contributed by atoms with van der Waals surface area (Å²) in [6, 6.07) is 1.84. The number of carbonyl (C=O) groups is 1. The molecule has 2 aromatic rings. The van der Waals surface area contributed by atoms with E-state index in [-0.39, 0.29) is 5.97 Å². The van der Waals surface area contributed by atoms with Crippen LogP contribution in [0, 0.1) is 13.8 Å². The van der Waals surface area contributed by atoms with Crippen LogP contribution in [-0.4, -0.2) is 20.7 Å². The molecular formula is C17H22N4O2. The maximum Gasteiger partial charge on any atom is 0.343 e. The first kappa shape index (κ1) is 15.5. The van der Waals surface area contributed by atoms with Crippen LogP contribution in [0.2, 0.25) is 0 Å². The minimum absolute atomic E-state index is 0.321. The molecule has 0 atom stereocenters. The number of hydrogen-bond donors (Lipinski definition) is 1. The maximum atomic E-state index is 12.2. The van der Waals surface area contributed by atoms with E-state index in [4.69, 9.17) is 4.74 Å². The fourth-order valence-corrected chi connectivity index (χ4v) is 3.11. The summed E-state index contributed by atoms with van der Waals surface area (Å²) < 4.78 is 7.42. The highest BCUT2D eigenvalue weighted by molar-refractivity contribution is 5.99. The Bertz CT molecular complexity index is 777. The molecule has 0 saturated heterocycles. The van der Waals surface area contributed by atoms with Crippen LogP contribution in [0.4, 0.5) is 5.82 Å². The molecule has 6 nitrogen and oxygen atoms in total. The Morgan fingerprint density at radius 1 is 1.35 bits per heavy atom. The van der Waals surface area contributed by atoms with Gasteiger partial charge in [-0.25, -0.2) is 9.78 Å². The molecule has 1 N–H and O–H groups in total. The molecule has 23 heavy (non-hydrogen) atoms. The van der Waals surface area contributed by atoms with Crippen molar-refractivity contribution in [1.82, 2.24) is 14.8 Å². The zero-order valence-electron chi connectivity index (χ0n) is 14.2. The standard InChI is InChI=1S/C17H22N4O2/c1-6-21-11(3)12(10(2)20-21)9-19-15-14-13(7-8-18-15)17(4,5)23-16(14)22/h7-8H,6,9H2,1-5H3,(H,18,19). The number of nitrogens with zero attached hydrogens (tertiary/aromatic N) is 3. The van der Waals surface area contributed by atoms with Crippen molar-refractivity contribution in [2.75, 3.05) is 5.32 Å². The van der Waals surface area contributed by atoms with Gasteiger partial charge in [0.25, 0.3) is 0 Å². The van der Waals surface area contributed by atoms with Gasteiger partial charge in [-0.3, -0.25) is 4.68 Å². The predicted octanol–water partition coefficient (Wildman–Crippen LogP) is 2.93. The van der Waals surface area contributed by atoms with Crippen molar-refractivity contribution in [3.63, 3.8) is 0 Å². The van der Waals surface area contributed by atoms with Crippen LogP contribution in [0.25, 0.3) is 0 Å². The quantitative estimate of drug-likeness (QED) is 0.879. The van der Waals surface area contributed by atoms with Gasteiger partial charge in [0, 0.05) is 36.1 Å². The van der Waals surface area contributed by atoms with Crippen molar-refractivity contribution in [2.45, 2.75) is 53.3 Å². The molecule has 1 aliphatic rings. The van der Waals surface area contributed by atoms with Gasteiger partial charge in [0.05, 0.1) is 5.69 Å². The highest BCUT2D eigenvalue weighted by Crippen LogP contribution is 2.38. The number of rotatable bonds is 4. The molecule has 0 fully saturated rings. The Morgan fingerprint density at radius 2 is 2.09 bits per heavy atom. The first-order chi connectivity index (χ1) is 10.8. The second kappa shape index (κ2) is 5.37. The number of aryl methyl sites for hydroxylation is 2. The molecule has 0 unspecified atom stereocenters. The van der Waals surface area contributed by atoms with E-state index in [1.807, 2.05) is 31.5 Å². The van der Waals surface area contributed by atoms with Crippen molar-refractivity contribution in [3.8, 4) is 0 Å². The average molecular weight is 314 g/mol. The van der Waals surface area contributed by atoms with Gasteiger partial charge in [0.1, 0.15) is 17.0 Å². The third-order valence-corrected chi connectivity index (χ3v) is 4.42. The number of esters is 1. The summed E-state index contributed by atoms with van der Waals surface area (Å²) in [6.45, 7) is 11.3. The predicted molar refractivity (Wildman–Crippen MR) is 87.4 cm³/mol. The average Bonchev–Trinajstić information content (AvgIpc) is 2.91. The number of pyridine rings is 1. The van der Waals surface area contributed by atoms with Crippen molar-refractivity contribution in [2.24, 2.45) is 0 Å². The van der Waals surface area contributed by atoms with Crippen molar-refractivity contribution >= 4 is 11.8 Å². The third kappa shape index (κ3) is 2.48. The van der Waals surface area contributed by atoms with Crippen LogP contribution >= 0.6 is 0 Å². The number of cyclic esters (lactones) is 1. The van der Waals surface area contributed by atoms with Crippen molar-refractivity contribution in [1.29, 1.82) is 0 Å². The Balaban J connectivity index is 1.90. The smallest absolute Gasteiger partial charge is 0.343 e. The number of hydrogen-bond acceptors (Lipinski definition) is 5. The van der Waals surface area contributed by atoms with Crippen LogP contribution in [0.15, 0.2) is 12.3 Å². The van der Waals surface area contributed by atoms with E-state index in [1.165, 1.54) is 0 Å². The second-order valence-corrected chi connectivity index (χ2v) is 6.30. The number of aromatic nitrogens is 3. The van der Waals surface area contributed by atoms with E-state index >= 15 is 0 Å². The molecule has 0 radical (unpaired) electrons. The van der Waals surface area contributed by atoms with Gasteiger partial charge in [0.15, 0.2) is 0 Å². The number of carbonyl (C=O) groups excluding carboxylic acids is 1. The van der Waals surface area contributed by atoms with Gasteiger partial charge in [-0.1, -0.05) is 0 Å². The monoisotopic (exact) mass is 314 g/mol. The topological polar surface area (TPSA) is 69.0 Å². The van der Waals surface area contributed by atoms with Gasteiger partial charge in [0.2, 0.25) is 0 Å². The Morgan fingerprint density at radius 3 is 2.74 bits per heavy atom. The Hall–Kier alpha value is -2.37. The molecule has 0 amide bonds. The summed E-state index contributed by atoms with van der Waals surface area (Å²) in [5, 5.41) is 7.80. The SMILES string of the molecule is CCn1nc(C)c(CNc2nccc3c2C(=O)OC3(C)C)c1C. The molecule has 0 bridgehead atoms. The zero-order valence-corrected chi connectivity index (χ0v) is 14.2. The summed E-state index contributed by atoms with van der Waals surface area (Å²) in [7, 11) is 0. The molecule has 0 aliphatic carbocycles. The fourth-order valence-electron chi connectivity index (χ4n) is 3.11.